The summed E-state index contributed by atoms with van der Waals surface area (Å²) in [6.07, 6.45) is 5.43. The summed E-state index contributed by atoms with van der Waals surface area (Å²) in [5.41, 5.74) is 1.87. The predicted molar refractivity (Wildman–Crippen MR) is 100 cm³/mol. The van der Waals surface area contributed by atoms with Crippen molar-refractivity contribution in [3.63, 3.8) is 0 Å². The van der Waals surface area contributed by atoms with Crippen LogP contribution in [0.4, 0.5) is 4.39 Å². The highest BCUT2D eigenvalue weighted by atomic mass is 19.1. The van der Waals surface area contributed by atoms with Gasteiger partial charge in [0, 0.05) is 48.6 Å². The normalized spacial score (nSPS) is 26.3. The van der Waals surface area contributed by atoms with Gasteiger partial charge in [0.05, 0.1) is 17.7 Å². The number of nitrogens with one attached hydrogen (secondary N) is 1. The first-order valence-corrected chi connectivity index (χ1v) is 9.38. The third-order valence-electron chi connectivity index (χ3n) is 5.61. The van der Waals surface area contributed by atoms with E-state index in [4.69, 9.17) is 4.74 Å². The van der Waals surface area contributed by atoms with E-state index >= 15 is 0 Å². The summed E-state index contributed by atoms with van der Waals surface area (Å²) in [7, 11) is 0. The summed E-state index contributed by atoms with van der Waals surface area (Å²) in [6.45, 7) is 0.776. The lowest BCUT2D eigenvalue weighted by molar-refractivity contribution is -0.0353. The Kier molecular flexibility index (Phi) is 4.20. The van der Waals surface area contributed by atoms with Gasteiger partial charge in [-0.15, -0.1) is 10.2 Å². The van der Waals surface area contributed by atoms with Gasteiger partial charge in [-0.1, -0.05) is 0 Å². The van der Waals surface area contributed by atoms with Crippen LogP contribution in [-0.4, -0.2) is 49.7 Å². The minimum Gasteiger partial charge on any atom is -0.507 e. The molecule has 4 heterocycles. The predicted octanol–water partition coefficient (Wildman–Crippen LogP) is 2.50. The summed E-state index contributed by atoms with van der Waals surface area (Å²) < 4.78 is 22.1. The number of benzene rings is 1. The van der Waals surface area contributed by atoms with E-state index in [1.165, 1.54) is 0 Å². The quantitative estimate of drug-likeness (QED) is 0.722. The lowest BCUT2D eigenvalue weighted by Crippen LogP contribution is -2.61. The van der Waals surface area contributed by atoms with Crippen LogP contribution in [0.25, 0.3) is 16.9 Å². The molecule has 2 aromatic heterocycles. The molecule has 3 aliphatic rings. The number of hydrogen-bond donors (Lipinski definition) is 2. The molecule has 2 aliphatic heterocycles. The topological polar surface area (TPSA) is 85.1 Å². The molecule has 144 valence electrons. The monoisotopic (exact) mass is 381 g/mol. The number of halogens is 1. The fraction of sp³-hybridized carbons (Fsp3) is 0.350. The van der Waals surface area contributed by atoms with Crippen molar-refractivity contribution in [1.29, 1.82) is 0 Å². The molecule has 1 aliphatic carbocycles. The molecule has 3 aromatic rings. The van der Waals surface area contributed by atoms with Crippen LogP contribution in [0, 0.1) is 5.92 Å². The molecule has 0 amide bonds. The number of fused-ring (bicyclic) bond motifs is 3. The minimum absolute atomic E-state index is 0.0913. The van der Waals surface area contributed by atoms with E-state index in [2.05, 4.69) is 20.5 Å². The van der Waals surface area contributed by atoms with Gasteiger partial charge in [0.1, 0.15) is 11.9 Å². The molecule has 0 radical (unpaired) electrons. The average Bonchev–Trinajstić information content (AvgIpc) is 3.27. The van der Waals surface area contributed by atoms with Gasteiger partial charge in [-0.3, -0.25) is 0 Å². The van der Waals surface area contributed by atoms with Gasteiger partial charge in [-0.2, -0.15) is 0 Å². The Balaban J connectivity index is 1.34. The van der Waals surface area contributed by atoms with Gasteiger partial charge in [0.25, 0.3) is 0 Å². The molecule has 3 fully saturated rings. The lowest BCUT2D eigenvalue weighted by atomic mass is 9.78. The third-order valence-corrected chi connectivity index (χ3v) is 5.61. The second-order valence-corrected chi connectivity index (χ2v) is 7.31. The van der Waals surface area contributed by atoms with Crippen LogP contribution in [0.1, 0.15) is 12.8 Å². The second-order valence-electron chi connectivity index (χ2n) is 7.31. The van der Waals surface area contributed by atoms with Crippen LogP contribution in [0.15, 0.2) is 49.1 Å². The summed E-state index contributed by atoms with van der Waals surface area (Å²) >= 11 is 0. The van der Waals surface area contributed by atoms with E-state index in [0.29, 0.717) is 17.1 Å². The molecule has 28 heavy (non-hydrogen) atoms. The van der Waals surface area contributed by atoms with Crippen LogP contribution < -0.4 is 10.1 Å². The second kappa shape index (κ2) is 6.87. The van der Waals surface area contributed by atoms with E-state index in [9.17, 15) is 9.50 Å². The van der Waals surface area contributed by atoms with E-state index < -0.39 is 12.3 Å². The maximum Gasteiger partial charge on any atom is 0.233 e. The molecule has 2 N–H and O–H groups in total. The lowest BCUT2D eigenvalue weighted by Gasteiger charge is -2.44. The number of rotatable bonds is 4. The van der Waals surface area contributed by atoms with Crippen molar-refractivity contribution in [2.75, 3.05) is 6.54 Å². The van der Waals surface area contributed by atoms with Gasteiger partial charge in [0.2, 0.25) is 5.88 Å². The standard InChI is InChI=1S/C20H20FN5O2/c21-19-16-4-1-12(10-23-16)20(19)28-18-6-5-15(24-25-18)14-3-2-13(9-17(14)27)26-8-7-22-11-26/h2-3,5-9,11-12,16,19-20,23,27H,1,4,10H2/t12?,16?,19-,20+/m1/s1. The Morgan fingerprint density at radius 1 is 1.18 bits per heavy atom. The summed E-state index contributed by atoms with van der Waals surface area (Å²) in [4.78, 5) is 4.00. The maximum absolute atomic E-state index is 14.5. The zero-order valence-corrected chi connectivity index (χ0v) is 15.1. The molecule has 2 saturated heterocycles. The molecule has 0 spiro atoms. The van der Waals surface area contributed by atoms with Crippen molar-refractivity contribution in [1.82, 2.24) is 25.1 Å². The van der Waals surface area contributed by atoms with E-state index in [-0.39, 0.29) is 17.7 Å². The number of phenolic OH excluding ortho intramolecular Hbond substituents is 1. The Morgan fingerprint density at radius 2 is 2.11 bits per heavy atom. The molecule has 2 unspecified atom stereocenters. The number of nitrogens with zero attached hydrogens (tertiary/aromatic N) is 4. The highest BCUT2D eigenvalue weighted by Crippen LogP contribution is 2.35. The highest BCUT2D eigenvalue weighted by Gasteiger charge is 2.45. The fourth-order valence-electron chi connectivity index (χ4n) is 4.08. The molecule has 1 saturated carbocycles. The first kappa shape index (κ1) is 17.1. The number of ether oxygens (including phenoxy) is 1. The van der Waals surface area contributed by atoms with Crippen LogP contribution in [0.5, 0.6) is 11.6 Å². The van der Waals surface area contributed by atoms with E-state index in [0.717, 1.165) is 25.1 Å². The average molecular weight is 381 g/mol. The SMILES string of the molecule is Oc1cc(-n2ccnc2)ccc1-c1ccc(O[C@H]2C3CCC(NC3)[C@H]2F)nn1. The van der Waals surface area contributed by atoms with Gasteiger partial charge < -0.3 is 19.7 Å². The van der Waals surface area contributed by atoms with Crippen molar-refractivity contribution in [2.24, 2.45) is 5.92 Å². The van der Waals surface area contributed by atoms with Crippen LogP contribution >= 0.6 is 0 Å². The molecule has 1 aromatic carbocycles. The Labute approximate surface area is 161 Å². The number of imidazole rings is 1. The highest BCUT2D eigenvalue weighted by molar-refractivity contribution is 5.68. The molecule has 4 atom stereocenters. The van der Waals surface area contributed by atoms with Crippen LogP contribution in [0.3, 0.4) is 0 Å². The van der Waals surface area contributed by atoms with E-state index in [1.54, 1.807) is 47.6 Å². The fourth-order valence-corrected chi connectivity index (χ4v) is 4.08. The number of phenols is 1. The van der Waals surface area contributed by atoms with Crippen LogP contribution in [0.2, 0.25) is 0 Å². The first-order chi connectivity index (χ1) is 13.7. The number of piperidine rings is 2. The largest absolute Gasteiger partial charge is 0.507 e. The number of alkyl halides is 1. The number of aromatic nitrogens is 4. The zero-order chi connectivity index (χ0) is 19.1. The summed E-state index contributed by atoms with van der Waals surface area (Å²) in [5, 5.41) is 21.9. The molecule has 8 heteroatoms. The van der Waals surface area contributed by atoms with Gasteiger partial charge in [-0.25, -0.2) is 9.37 Å². The summed E-state index contributed by atoms with van der Waals surface area (Å²) in [5.74, 6) is 0.549. The van der Waals surface area contributed by atoms with Crippen molar-refractivity contribution in [3.8, 4) is 28.6 Å². The Bertz CT molecular complexity index is 953. The van der Waals surface area contributed by atoms with Gasteiger partial charge in [-0.05, 0) is 31.0 Å². The van der Waals surface area contributed by atoms with Crippen molar-refractivity contribution in [2.45, 2.75) is 31.2 Å². The molecular weight excluding hydrogens is 361 g/mol. The van der Waals surface area contributed by atoms with E-state index in [1.807, 2.05) is 6.07 Å². The minimum atomic E-state index is -1.03. The van der Waals surface area contributed by atoms with Gasteiger partial charge in [0.15, 0.2) is 6.17 Å². The Morgan fingerprint density at radius 3 is 2.75 bits per heavy atom. The van der Waals surface area contributed by atoms with Crippen molar-refractivity contribution >= 4 is 0 Å². The third kappa shape index (κ3) is 2.99. The van der Waals surface area contributed by atoms with Crippen molar-refractivity contribution in [3.05, 3.63) is 49.1 Å². The van der Waals surface area contributed by atoms with Crippen LogP contribution in [-0.2, 0) is 0 Å². The molecule has 6 rings (SSSR count). The summed E-state index contributed by atoms with van der Waals surface area (Å²) in [6, 6.07) is 8.55. The first-order valence-electron chi connectivity index (χ1n) is 9.38. The number of aromatic hydroxyl groups is 1. The van der Waals surface area contributed by atoms with Crippen molar-refractivity contribution < 1.29 is 14.2 Å². The molecule has 7 nitrogen and oxygen atoms in total. The Hall–Kier alpha value is -3.00. The van der Waals surface area contributed by atoms with Gasteiger partial charge >= 0.3 is 0 Å². The number of hydrogen-bond acceptors (Lipinski definition) is 6. The smallest absolute Gasteiger partial charge is 0.233 e. The molecular formula is C20H20FN5O2. The maximum atomic E-state index is 14.5. The molecule has 2 bridgehead atoms. The zero-order valence-electron chi connectivity index (χ0n) is 15.1.